The number of amides is 1. The summed E-state index contributed by atoms with van der Waals surface area (Å²) >= 11 is 0. The monoisotopic (exact) mass is 185 g/mol. The van der Waals surface area contributed by atoms with Gasteiger partial charge >= 0.3 is 0 Å². The Kier molecular flexibility index (Phi) is 6.96. The lowest BCUT2D eigenvalue weighted by Gasteiger charge is -1.98. The summed E-state index contributed by atoms with van der Waals surface area (Å²) in [5.74, 6) is 0.465. The Hall–Kier alpha value is -1.06. The number of hydrogen-bond acceptors (Lipinski definition) is 2. The molecule has 0 aliphatic heterocycles. The molecule has 0 aromatic heterocycles. The summed E-state index contributed by atoms with van der Waals surface area (Å²) < 4.78 is 0. The van der Waals surface area contributed by atoms with Gasteiger partial charge in [-0.1, -0.05) is 6.92 Å². The van der Waals surface area contributed by atoms with Gasteiger partial charge in [-0.05, 0) is 19.3 Å². The van der Waals surface area contributed by atoms with Crippen molar-refractivity contribution in [3.8, 4) is 0 Å². The third-order valence-electron chi connectivity index (χ3n) is 1.65. The van der Waals surface area contributed by atoms with Crippen LogP contribution in [0, 0.1) is 0 Å². The number of aliphatic imine (C=N–C) groups is 1. The van der Waals surface area contributed by atoms with E-state index in [0.717, 1.165) is 25.7 Å². The van der Waals surface area contributed by atoms with Gasteiger partial charge in [-0.3, -0.25) is 9.79 Å². The maximum absolute atomic E-state index is 10.4. The number of carbonyl (C=O) groups is 1. The van der Waals surface area contributed by atoms with Crippen LogP contribution in [0.5, 0.6) is 0 Å². The van der Waals surface area contributed by atoms with Crippen LogP contribution in [0.3, 0.4) is 0 Å². The second kappa shape index (κ2) is 7.58. The second-order valence-corrected chi connectivity index (χ2v) is 3.05. The first-order chi connectivity index (χ1) is 6.16. The summed E-state index contributed by atoms with van der Waals surface area (Å²) in [6, 6.07) is 0. The first kappa shape index (κ1) is 11.9. The van der Waals surface area contributed by atoms with Gasteiger partial charge in [0, 0.05) is 19.4 Å². The fourth-order valence-corrected chi connectivity index (χ4v) is 0.969. The van der Waals surface area contributed by atoms with Crippen molar-refractivity contribution in [2.75, 3.05) is 6.54 Å². The highest BCUT2D eigenvalue weighted by Crippen LogP contribution is 1.95. The number of amidine groups is 1. The molecule has 0 saturated heterocycles. The predicted octanol–water partition coefficient (Wildman–Crippen LogP) is 0.799. The Morgan fingerprint density at radius 1 is 1.23 bits per heavy atom. The molecule has 0 heterocycles. The Bertz CT molecular complexity index is 178. The first-order valence-corrected chi connectivity index (χ1v) is 4.74. The lowest BCUT2D eigenvalue weighted by Crippen LogP contribution is -2.12. The minimum Gasteiger partial charge on any atom is -0.387 e. The smallest absolute Gasteiger partial charge is 0.217 e. The molecule has 0 aliphatic carbocycles. The lowest BCUT2D eigenvalue weighted by molar-refractivity contribution is -0.118. The molecule has 0 rings (SSSR count). The summed E-state index contributed by atoms with van der Waals surface area (Å²) in [4.78, 5) is 14.5. The summed E-state index contributed by atoms with van der Waals surface area (Å²) in [5.41, 5.74) is 10.6. The van der Waals surface area contributed by atoms with E-state index in [1.54, 1.807) is 0 Å². The maximum atomic E-state index is 10.4. The Labute approximate surface area is 79.4 Å². The van der Waals surface area contributed by atoms with Gasteiger partial charge in [0.2, 0.25) is 5.91 Å². The van der Waals surface area contributed by atoms with Crippen LogP contribution < -0.4 is 11.5 Å². The molecule has 1 amide bonds. The average Bonchev–Trinajstić information content (AvgIpc) is 2.03. The van der Waals surface area contributed by atoms with Crippen molar-refractivity contribution in [2.45, 2.75) is 39.0 Å². The minimum absolute atomic E-state index is 0.245. The number of nitrogens with zero attached hydrogens (tertiary/aromatic N) is 1. The van der Waals surface area contributed by atoms with Gasteiger partial charge in [0.25, 0.3) is 0 Å². The van der Waals surface area contributed by atoms with Gasteiger partial charge in [0.15, 0.2) is 0 Å². The molecule has 0 saturated carbocycles. The van der Waals surface area contributed by atoms with Crippen LogP contribution in [0.1, 0.15) is 39.0 Å². The van der Waals surface area contributed by atoms with Crippen molar-refractivity contribution >= 4 is 11.7 Å². The molecule has 4 heteroatoms. The van der Waals surface area contributed by atoms with Crippen LogP contribution in [0.15, 0.2) is 4.99 Å². The second-order valence-electron chi connectivity index (χ2n) is 3.05. The molecule has 0 bridgehead atoms. The normalized spacial score (nSPS) is 11.6. The summed E-state index contributed by atoms with van der Waals surface area (Å²) in [5, 5.41) is 0. The van der Waals surface area contributed by atoms with Gasteiger partial charge in [0.1, 0.15) is 0 Å². The van der Waals surface area contributed by atoms with Crippen LogP contribution in [0.2, 0.25) is 0 Å². The van der Waals surface area contributed by atoms with Crippen LogP contribution in [-0.2, 0) is 4.79 Å². The fourth-order valence-electron chi connectivity index (χ4n) is 0.969. The number of hydrogen-bond donors (Lipinski definition) is 2. The summed E-state index contributed by atoms with van der Waals surface area (Å²) in [7, 11) is 0. The van der Waals surface area contributed by atoms with Crippen LogP contribution in [0.4, 0.5) is 0 Å². The zero-order valence-electron chi connectivity index (χ0n) is 8.25. The zero-order chi connectivity index (χ0) is 10.1. The van der Waals surface area contributed by atoms with Gasteiger partial charge < -0.3 is 11.5 Å². The minimum atomic E-state index is -0.245. The molecule has 13 heavy (non-hydrogen) atoms. The molecule has 0 spiro atoms. The fraction of sp³-hybridized carbons (Fsp3) is 0.778. The van der Waals surface area contributed by atoms with Crippen LogP contribution in [0.25, 0.3) is 0 Å². The number of primary amides is 1. The molecule has 0 aromatic rings. The van der Waals surface area contributed by atoms with Crippen molar-refractivity contribution in [3.63, 3.8) is 0 Å². The first-order valence-electron chi connectivity index (χ1n) is 4.74. The van der Waals surface area contributed by atoms with E-state index >= 15 is 0 Å². The van der Waals surface area contributed by atoms with E-state index in [-0.39, 0.29) is 5.91 Å². The average molecular weight is 185 g/mol. The van der Waals surface area contributed by atoms with Crippen LogP contribution >= 0.6 is 0 Å². The van der Waals surface area contributed by atoms with Crippen LogP contribution in [-0.4, -0.2) is 18.3 Å². The molecule has 0 unspecified atom stereocenters. The van der Waals surface area contributed by atoms with Gasteiger partial charge in [-0.25, -0.2) is 0 Å². The molecular formula is C9H19N3O. The quantitative estimate of drug-likeness (QED) is 0.349. The van der Waals surface area contributed by atoms with E-state index in [2.05, 4.69) is 11.9 Å². The van der Waals surface area contributed by atoms with Crippen molar-refractivity contribution in [2.24, 2.45) is 16.5 Å². The number of unbranched alkanes of at least 4 members (excludes halogenated alkanes) is 1. The van der Waals surface area contributed by atoms with E-state index < -0.39 is 0 Å². The van der Waals surface area contributed by atoms with Crippen molar-refractivity contribution in [1.82, 2.24) is 0 Å². The highest BCUT2D eigenvalue weighted by Gasteiger charge is 1.94. The highest BCUT2D eigenvalue weighted by molar-refractivity contribution is 5.80. The van der Waals surface area contributed by atoms with E-state index in [0.29, 0.717) is 18.8 Å². The topological polar surface area (TPSA) is 81.5 Å². The largest absolute Gasteiger partial charge is 0.387 e. The third-order valence-corrected chi connectivity index (χ3v) is 1.65. The number of nitrogens with two attached hydrogens (primary N) is 2. The molecule has 0 atom stereocenters. The van der Waals surface area contributed by atoms with E-state index in [4.69, 9.17) is 11.5 Å². The van der Waals surface area contributed by atoms with E-state index in [1.165, 1.54) is 0 Å². The molecule has 4 N–H and O–H groups in total. The predicted molar refractivity (Wildman–Crippen MR) is 54.4 cm³/mol. The Balaban J connectivity index is 3.33. The summed E-state index contributed by atoms with van der Waals surface area (Å²) in [6.07, 6.45) is 4.02. The van der Waals surface area contributed by atoms with Crippen molar-refractivity contribution in [3.05, 3.63) is 0 Å². The SMILES string of the molecule is CCCC(N)=NCCCCC(N)=O. The number of carbonyl (C=O) groups excluding carboxylic acids is 1. The molecule has 0 aromatic carbocycles. The molecule has 0 fully saturated rings. The van der Waals surface area contributed by atoms with Gasteiger partial charge in [0.05, 0.1) is 5.84 Å². The maximum Gasteiger partial charge on any atom is 0.217 e. The van der Waals surface area contributed by atoms with Gasteiger partial charge in [-0.15, -0.1) is 0 Å². The standard InChI is InChI=1S/C9H19N3O/c1-2-5-8(10)12-7-4-3-6-9(11)13/h2-7H2,1H3,(H2,10,12)(H2,11,13). The lowest BCUT2D eigenvalue weighted by atomic mass is 10.2. The molecule has 0 radical (unpaired) electrons. The van der Waals surface area contributed by atoms with E-state index in [1.807, 2.05) is 0 Å². The van der Waals surface area contributed by atoms with Crippen molar-refractivity contribution in [1.29, 1.82) is 0 Å². The van der Waals surface area contributed by atoms with Crippen molar-refractivity contribution < 1.29 is 4.79 Å². The summed E-state index contributed by atoms with van der Waals surface area (Å²) in [6.45, 7) is 2.77. The molecular weight excluding hydrogens is 166 g/mol. The molecule has 76 valence electrons. The third kappa shape index (κ3) is 8.85. The van der Waals surface area contributed by atoms with E-state index in [9.17, 15) is 4.79 Å². The molecule has 0 aliphatic rings. The highest BCUT2D eigenvalue weighted by atomic mass is 16.1. The Morgan fingerprint density at radius 2 is 1.92 bits per heavy atom. The molecule has 4 nitrogen and oxygen atoms in total. The zero-order valence-corrected chi connectivity index (χ0v) is 8.25. The van der Waals surface area contributed by atoms with Gasteiger partial charge in [-0.2, -0.15) is 0 Å². The Morgan fingerprint density at radius 3 is 2.46 bits per heavy atom. The number of rotatable bonds is 7.